The van der Waals surface area contributed by atoms with E-state index >= 15 is 0 Å². The zero-order valence-electron chi connectivity index (χ0n) is 34.9. The minimum absolute atomic E-state index is 0. The van der Waals surface area contributed by atoms with Crippen LogP contribution in [-0.4, -0.2) is 56.3 Å². The third-order valence-electron chi connectivity index (χ3n) is 11.4. The maximum atomic E-state index is 12.4. The van der Waals surface area contributed by atoms with Crippen molar-refractivity contribution in [2.45, 2.75) is 108 Å². The second kappa shape index (κ2) is 19.8. The van der Waals surface area contributed by atoms with E-state index in [-0.39, 0.29) is 33.5 Å². The SMILES string of the molecule is CC(C)(C)[Si](OC1CCc2c(N)n[nH]c2C1)(c1ccccc1)c1ccccc1.NN.O.[C-]#[N+]C1CCC(O[Si](c2ccccc2)(c2ccccc2)C(C)(C)C)CC1=O. The van der Waals surface area contributed by atoms with Gasteiger partial charge in [-0.25, -0.2) is 6.57 Å². The van der Waals surface area contributed by atoms with Gasteiger partial charge in [-0.3, -0.25) is 21.6 Å². The molecule has 0 bridgehead atoms. The van der Waals surface area contributed by atoms with Crippen LogP contribution < -0.4 is 38.2 Å². The number of nitrogens with zero attached hydrogens (tertiary/aromatic N) is 2. The molecular formula is C46H62N6O4Si2. The summed E-state index contributed by atoms with van der Waals surface area (Å²) in [6.45, 7) is 20.9. The first-order valence-corrected chi connectivity index (χ1v) is 23.7. The molecule has 3 unspecified atom stereocenters. The number of nitrogens with two attached hydrogens (primary N) is 3. The van der Waals surface area contributed by atoms with Crippen molar-refractivity contribution in [3.63, 3.8) is 0 Å². The van der Waals surface area contributed by atoms with Gasteiger partial charge in [-0.2, -0.15) is 5.10 Å². The molecule has 5 aromatic rings. The molecule has 4 aromatic carbocycles. The van der Waals surface area contributed by atoms with E-state index < -0.39 is 22.7 Å². The highest BCUT2D eigenvalue weighted by molar-refractivity contribution is 7.00. The molecule has 3 atom stereocenters. The lowest BCUT2D eigenvalue weighted by molar-refractivity contribution is -0.123. The van der Waals surface area contributed by atoms with E-state index in [4.69, 9.17) is 21.2 Å². The molecular weight excluding hydrogens is 757 g/mol. The number of carbonyl (C=O) groups is 1. The third-order valence-corrected chi connectivity index (χ3v) is 21.6. The third kappa shape index (κ3) is 9.59. The van der Waals surface area contributed by atoms with Crippen molar-refractivity contribution in [3.05, 3.63) is 144 Å². The van der Waals surface area contributed by atoms with Crippen LogP contribution in [0.3, 0.4) is 0 Å². The zero-order chi connectivity index (χ0) is 41.3. The van der Waals surface area contributed by atoms with Crippen LogP contribution in [0.25, 0.3) is 4.85 Å². The minimum Gasteiger partial charge on any atom is -0.412 e. The predicted molar refractivity (Wildman–Crippen MR) is 241 cm³/mol. The van der Waals surface area contributed by atoms with Gasteiger partial charge in [-0.05, 0) is 50.1 Å². The molecule has 1 saturated carbocycles. The van der Waals surface area contributed by atoms with Gasteiger partial charge in [0.1, 0.15) is 5.82 Å². The Morgan fingerprint density at radius 3 is 1.38 bits per heavy atom. The average Bonchev–Trinajstić information content (AvgIpc) is 3.59. The Morgan fingerprint density at radius 1 is 0.655 bits per heavy atom. The topological polar surface area (TPSA) is 178 Å². The van der Waals surface area contributed by atoms with Crippen LogP contribution in [0.4, 0.5) is 5.82 Å². The van der Waals surface area contributed by atoms with Crippen LogP contribution in [0.5, 0.6) is 0 Å². The molecule has 0 radical (unpaired) electrons. The molecule has 7 rings (SSSR count). The monoisotopic (exact) mass is 818 g/mol. The largest absolute Gasteiger partial charge is 0.412 e. The molecule has 1 heterocycles. The summed E-state index contributed by atoms with van der Waals surface area (Å²) in [7, 11) is -5.14. The van der Waals surface area contributed by atoms with E-state index in [1.807, 2.05) is 12.1 Å². The van der Waals surface area contributed by atoms with Crippen LogP contribution in [0.1, 0.15) is 78.5 Å². The summed E-state index contributed by atoms with van der Waals surface area (Å²) in [5.74, 6) is 8.66. The van der Waals surface area contributed by atoms with E-state index in [1.165, 1.54) is 26.3 Å². The van der Waals surface area contributed by atoms with Crippen molar-refractivity contribution in [2.24, 2.45) is 11.7 Å². The average molecular weight is 819 g/mol. The van der Waals surface area contributed by atoms with Crippen molar-refractivity contribution in [1.82, 2.24) is 10.2 Å². The number of hydrazine groups is 1. The van der Waals surface area contributed by atoms with Crippen LogP contribution in [0, 0.1) is 6.57 Å². The molecule has 1 fully saturated rings. The number of Topliss-reactive ketones (excluding diaryl/α,β-unsaturated/α-hetero) is 1. The molecule has 308 valence electrons. The number of carbonyl (C=O) groups excluding carboxylic acids is 1. The molecule has 2 aliphatic carbocycles. The number of rotatable bonds is 8. The summed E-state index contributed by atoms with van der Waals surface area (Å²) in [6.07, 6.45) is 4.47. The molecule has 0 saturated heterocycles. The van der Waals surface area contributed by atoms with Crippen molar-refractivity contribution >= 4 is 49.0 Å². The van der Waals surface area contributed by atoms with Crippen LogP contribution in [0.15, 0.2) is 121 Å². The fourth-order valence-electron chi connectivity index (χ4n) is 8.69. The summed E-state index contributed by atoms with van der Waals surface area (Å²) in [4.78, 5) is 15.8. The normalized spacial score (nSPS) is 18.2. The van der Waals surface area contributed by atoms with E-state index in [0.29, 0.717) is 18.7 Å². The molecule has 10 nitrogen and oxygen atoms in total. The Hall–Kier alpha value is -4.72. The fraction of sp³-hybridized carbons (Fsp3) is 0.370. The quantitative estimate of drug-likeness (QED) is 0.0702. The summed E-state index contributed by atoms with van der Waals surface area (Å²) >= 11 is 0. The summed E-state index contributed by atoms with van der Waals surface area (Å²) in [5, 5.41) is 12.3. The van der Waals surface area contributed by atoms with Crippen LogP contribution in [-0.2, 0) is 26.5 Å². The van der Waals surface area contributed by atoms with Crippen LogP contribution in [0.2, 0.25) is 10.1 Å². The second-order valence-electron chi connectivity index (χ2n) is 17.0. The summed E-state index contributed by atoms with van der Waals surface area (Å²) < 4.78 is 14.2. The number of aromatic nitrogens is 2. The maximum absolute atomic E-state index is 12.4. The lowest BCUT2D eigenvalue weighted by Crippen LogP contribution is -2.68. The Bertz CT molecular complexity index is 1990. The van der Waals surface area contributed by atoms with Gasteiger partial charge in [0.05, 0.1) is 12.2 Å². The van der Waals surface area contributed by atoms with E-state index in [9.17, 15) is 4.79 Å². The van der Waals surface area contributed by atoms with Gasteiger partial charge in [0, 0.05) is 30.5 Å². The molecule has 1 aromatic heterocycles. The van der Waals surface area contributed by atoms with Gasteiger partial charge >= 0.3 is 0 Å². The molecule has 0 aliphatic heterocycles. The number of H-pyrrole nitrogens is 1. The van der Waals surface area contributed by atoms with Gasteiger partial charge in [0.2, 0.25) is 5.78 Å². The first kappa shape index (κ1) is 46.0. The number of aromatic amines is 1. The van der Waals surface area contributed by atoms with Crippen LogP contribution >= 0.6 is 0 Å². The molecule has 12 heteroatoms. The summed E-state index contributed by atoms with van der Waals surface area (Å²) in [6, 6.07) is 42.1. The lowest BCUT2D eigenvalue weighted by atomic mass is 9.92. The molecule has 2 aliphatic rings. The van der Waals surface area contributed by atoms with Gasteiger partial charge in [-0.15, -0.1) is 0 Å². The smallest absolute Gasteiger partial charge is 0.281 e. The number of ketones is 1. The van der Waals surface area contributed by atoms with Gasteiger partial charge < -0.3 is 24.9 Å². The van der Waals surface area contributed by atoms with Gasteiger partial charge in [0.15, 0.2) is 0 Å². The Morgan fingerprint density at radius 2 is 1.03 bits per heavy atom. The van der Waals surface area contributed by atoms with E-state index in [1.54, 1.807) is 0 Å². The minimum atomic E-state index is -2.63. The highest BCUT2D eigenvalue weighted by atomic mass is 28.4. The molecule has 0 amide bonds. The van der Waals surface area contributed by atoms with Gasteiger partial charge in [0.25, 0.3) is 22.7 Å². The number of nitrogens with one attached hydrogen (secondary N) is 1. The Kier molecular flexibility index (Phi) is 15.7. The number of hydrogen-bond acceptors (Lipinski definition) is 7. The first-order chi connectivity index (χ1) is 27.3. The van der Waals surface area contributed by atoms with Crippen molar-refractivity contribution in [3.8, 4) is 0 Å². The first-order valence-electron chi connectivity index (χ1n) is 19.9. The standard InChI is InChI=1S/C23H29N3OSi.C23H27NO2Si.H4N2.H2O/c1-23(2,3)28(18-10-6-4-7-11-18,19-12-8-5-9-13-19)27-17-14-15-20-21(16-17)25-26-22(20)24;1-23(2,3)27(19-11-7-5-8-12-19,20-13-9-6-10-14-20)26-18-15-16-21(24-4)22(25)17-18;1-2;/h4-13,17H,14-16H2,1-3H3,(H3,24,25,26);5-14,18,21H,15-17H2,1-3H3;1-2H2;1H2. The highest BCUT2D eigenvalue weighted by Gasteiger charge is 2.53. The number of nitrogen functional groups attached to an aromatic ring is 1. The zero-order valence-corrected chi connectivity index (χ0v) is 36.9. The number of hydrogen-bond donors (Lipinski definition) is 4. The summed E-state index contributed by atoms with van der Waals surface area (Å²) in [5.41, 5.74) is 8.31. The molecule has 58 heavy (non-hydrogen) atoms. The molecule has 0 spiro atoms. The van der Waals surface area contributed by atoms with Crippen molar-refractivity contribution in [1.29, 1.82) is 0 Å². The van der Waals surface area contributed by atoms with Gasteiger partial charge in [-0.1, -0.05) is 163 Å². The molecule has 9 N–H and O–H groups in total. The Labute approximate surface area is 346 Å². The van der Waals surface area contributed by atoms with E-state index in [0.717, 1.165) is 31.4 Å². The van der Waals surface area contributed by atoms with E-state index in [2.05, 4.69) is 177 Å². The Balaban J connectivity index is 0.000000242. The predicted octanol–water partition coefficient (Wildman–Crippen LogP) is 5.39. The second-order valence-corrected chi connectivity index (χ2v) is 25.5. The fourth-order valence-corrected chi connectivity index (χ4v) is 18.1. The number of fused-ring (bicyclic) bond motifs is 1. The highest BCUT2D eigenvalue weighted by Crippen LogP contribution is 2.40. The van der Waals surface area contributed by atoms with Crippen molar-refractivity contribution in [2.75, 3.05) is 5.73 Å². The van der Waals surface area contributed by atoms with Crippen molar-refractivity contribution < 1.29 is 19.1 Å². The number of anilines is 1. The maximum Gasteiger partial charge on any atom is 0.281 e. The number of benzene rings is 4. The lowest BCUT2D eigenvalue weighted by Gasteiger charge is -2.45.